The van der Waals surface area contributed by atoms with Crippen LogP contribution in [0.5, 0.6) is 0 Å². The van der Waals surface area contributed by atoms with Gasteiger partial charge in [-0.1, -0.05) is 19.8 Å². The summed E-state index contributed by atoms with van der Waals surface area (Å²) in [6.45, 7) is 6.69. The molecule has 0 aromatic rings. The Bertz CT molecular complexity index is 64.2. The van der Waals surface area contributed by atoms with E-state index in [0.29, 0.717) is 6.61 Å². The van der Waals surface area contributed by atoms with Crippen LogP contribution in [-0.2, 0) is 4.74 Å². The summed E-state index contributed by atoms with van der Waals surface area (Å²) in [7, 11) is 0. The molecule has 0 rings (SSSR count). The minimum atomic E-state index is 0.297. The van der Waals surface area contributed by atoms with Gasteiger partial charge in [0, 0.05) is 13.2 Å². The highest BCUT2D eigenvalue weighted by atomic mass is 16.5. The van der Waals surface area contributed by atoms with Crippen LogP contribution in [0.15, 0.2) is 0 Å². The third kappa shape index (κ3) is 9.92. The van der Waals surface area contributed by atoms with Gasteiger partial charge in [-0.2, -0.15) is 0 Å². The summed E-state index contributed by atoms with van der Waals surface area (Å²) in [6.07, 6.45) is 6.08. The third-order valence-corrected chi connectivity index (χ3v) is 1.61. The monoisotopic (exact) mass is 172 g/mol. The number of unbranched alkanes of at least 4 members (excludes halogenated alkanes) is 4. The molecule has 0 atom stereocenters. The van der Waals surface area contributed by atoms with Crippen molar-refractivity contribution in [2.75, 3.05) is 13.2 Å². The van der Waals surface area contributed by atoms with Crippen molar-refractivity contribution in [2.45, 2.75) is 38.5 Å². The van der Waals surface area contributed by atoms with Gasteiger partial charge >= 0.3 is 0 Å². The maximum atomic E-state index is 8.48. The van der Waals surface area contributed by atoms with Crippen LogP contribution in [0, 0.1) is 13.5 Å². The molecule has 0 saturated heterocycles. The fourth-order valence-electron chi connectivity index (χ4n) is 0.868. The largest absolute Gasteiger partial charge is 0.396 e. The van der Waals surface area contributed by atoms with Gasteiger partial charge in [-0.05, 0) is 25.7 Å². The second kappa shape index (κ2) is 10.9. The van der Waals surface area contributed by atoms with Crippen LogP contribution in [-0.4, -0.2) is 18.3 Å². The Hall–Kier alpha value is -0.0800. The van der Waals surface area contributed by atoms with Crippen LogP contribution in [0.4, 0.5) is 0 Å². The second-order valence-electron chi connectivity index (χ2n) is 2.82. The molecule has 0 aliphatic heterocycles. The smallest absolute Gasteiger partial charge is 0.0836 e. The van der Waals surface area contributed by atoms with Crippen molar-refractivity contribution in [3.05, 3.63) is 13.5 Å². The van der Waals surface area contributed by atoms with Crippen LogP contribution in [0.1, 0.15) is 38.5 Å². The van der Waals surface area contributed by atoms with Crippen molar-refractivity contribution in [2.24, 2.45) is 0 Å². The number of rotatable bonds is 9. The van der Waals surface area contributed by atoms with E-state index in [1.165, 1.54) is 0 Å². The predicted octanol–water partition coefficient (Wildman–Crippen LogP) is 2.33. The van der Waals surface area contributed by atoms with E-state index in [-0.39, 0.29) is 0 Å². The Morgan fingerprint density at radius 2 is 2.00 bits per heavy atom. The number of aliphatic hydroxyl groups is 1. The molecule has 0 heterocycles. The Labute approximate surface area is 75.9 Å². The summed E-state index contributed by atoms with van der Waals surface area (Å²) in [5.41, 5.74) is 0. The van der Waals surface area contributed by atoms with Gasteiger partial charge in [0.05, 0.1) is 6.61 Å². The lowest BCUT2D eigenvalue weighted by Gasteiger charge is -2.01. The average molecular weight is 172 g/mol. The Balaban J connectivity index is 2.73. The van der Waals surface area contributed by atoms with E-state index in [2.05, 4.69) is 6.92 Å². The van der Waals surface area contributed by atoms with E-state index in [0.717, 1.165) is 45.1 Å². The van der Waals surface area contributed by atoms with E-state index in [9.17, 15) is 0 Å². The zero-order chi connectivity index (χ0) is 9.07. The minimum Gasteiger partial charge on any atom is -0.396 e. The molecular formula is C10H20O2. The van der Waals surface area contributed by atoms with Gasteiger partial charge in [0.1, 0.15) is 0 Å². The van der Waals surface area contributed by atoms with Crippen LogP contribution in [0.3, 0.4) is 0 Å². The molecule has 0 aromatic carbocycles. The molecule has 2 heteroatoms. The fourth-order valence-corrected chi connectivity index (χ4v) is 0.868. The molecule has 0 bridgehead atoms. The van der Waals surface area contributed by atoms with Gasteiger partial charge in [0.2, 0.25) is 0 Å². The average Bonchev–Trinajstić information content (AvgIpc) is 2.10. The quantitative estimate of drug-likeness (QED) is 0.541. The highest BCUT2D eigenvalue weighted by Crippen LogP contribution is 2.00. The molecule has 1 N–H and O–H groups in total. The highest BCUT2D eigenvalue weighted by Gasteiger charge is 1.90. The van der Waals surface area contributed by atoms with Crippen LogP contribution in [0.25, 0.3) is 0 Å². The summed E-state index contributed by atoms with van der Waals surface area (Å²) in [5, 5.41) is 8.48. The molecule has 0 spiro atoms. The van der Waals surface area contributed by atoms with Crippen LogP contribution >= 0.6 is 0 Å². The summed E-state index contributed by atoms with van der Waals surface area (Å²) >= 11 is 0. The number of hydrogen-bond acceptors (Lipinski definition) is 2. The molecule has 12 heavy (non-hydrogen) atoms. The van der Waals surface area contributed by atoms with Crippen molar-refractivity contribution < 1.29 is 9.84 Å². The Morgan fingerprint density at radius 1 is 1.17 bits per heavy atom. The first-order chi connectivity index (χ1) is 5.91. The molecule has 0 aliphatic rings. The van der Waals surface area contributed by atoms with E-state index in [1.807, 2.05) is 6.61 Å². The molecule has 2 nitrogen and oxygen atoms in total. The predicted molar refractivity (Wildman–Crippen MR) is 50.4 cm³/mol. The normalized spacial score (nSPS) is 10.5. The van der Waals surface area contributed by atoms with Crippen molar-refractivity contribution in [1.82, 2.24) is 0 Å². The van der Waals surface area contributed by atoms with Crippen LogP contribution < -0.4 is 0 Å². The van der Waals surface area contributed by atoms with E-state index < -0.39 is 0 Å². The van der Waals surface area contributed by atoms with Gasteiger partial charge in [0.25, 0.3) is 0 Å². The van der Waals surface area contributed by atoms with Crippen molar-refractivity contribution in [3.8, 4) is 0 Å². The molecule has 0 unspecified atom stereocenters. The molecular weight excluding hydrogens is 152 g/mol. The maximum absolute atomic E-state index is 8.48. The van der Waals surface area contributed by atoms with Crippen molar-refractivity contribution in [1.29, 1.82) is 0 Å². The van der Waals surface area contributed by atoms with Crippen LogP contribution in [0.2, 0.25) is 0 Å². The Morgan fingerprint density at radius 3 is 2.67 bits per heavy atom. The number of ether oxygens (including phenoxy) is 1. The topological polar surface area (TPSA) is 29.5 Å². The second-order valence-corrected chi connectivity index (χ2v) is 2.82. The van der Waals surface area contributed by atoms with Gasteiger partial charge in [0.15, 0.2) is 0 Å². The highest BCUT2D eigenvalue weighted by molar-refractivity contribution is 4.52. The lowest BCUT2D eigenvalue weighted by Crippen LogP contribution is -1.93. The zero-order valence-electron chi connectivity index (χ0n) is 7.80. The SMILES string of the molecule is [CH2]CCC[CH]OCCCCCO. The summed E-state index contributed by atoms with van der Waals surface area (Å²) in [5.74, 6) is 0. The molecule has 72 valence electrons. The summed E-state index contributed by atoms with van der Waals surface area (Å²) < 4.78 is 5.25. The summed E-state index contributed by atoms with van der Waals surface area (Å²) in [4.78, 5) is 0. The zero-order valence-corrected chi connectivity index (χ0v) is 7.80. The summed E-state index contributed by atoms with van der Waals surface area (Å²) in [6, 6.07) is 0. The first-order valence-corrected chi connectivity index (χ1v) is 4.75. The molecule has 0 fully saturated rings. The molecule has 0 aromatic heterocycles. The number of hydrogen-bond donors (Lipinski definition) is 1. The molecule has 0 aliphatic carbocycles. The lowest BCUT2D eigenvalue weighted by atomic mass is 10.2. The Kier molecular flexibility index (Phi) is 10.8. The first kappa shape index (κ1) is 11.9. The standard InChI is InChI=1S/C10H20O2/c1-2-3-6-9-12-10-7-4-5-8-11/h9,11H,1-8,10H2. The van der Waals surface area contributed by atoms with Gasteiger partial charge in [-0.3, -0.25) is 0 Å². The van der Waals surface area contributed by atoms with E-state index in [1.54, 1.807) is 0 Å². The first-order valence-electron chi connectivity index (χ1n) is 4.75. The van der Waals surface area contributed by atoms with E-state index in [4.69, 9.17) is 9.84 Å². The van der Waals surface area contributed by atoms with E-state index >= 15 is 0 Å². The fraction of sp³-hybridized carbons (Fsp3) is 0.800. The maximum Gasteiger partial charge on any atom is 0.0836 e. The van der Waals surface area contributed by atoms with Gasteiger partial charge in [-0.15, -0.1) is 0 Å². The lowest BCUT2D eigenvalue weighted by molar-refractivity contribution is 0.181. The van der Waals surface area contributed by atoms with Gasteiger partial charge in [-0.25, -0.2) is 0 Å². The van der Waals surface area contributed by atoms with Crippen molar-refractivity contribution in [3.63, 3.8) is 0 Å². The minimum absolute atomic E-state index is 0.297. The molecule has 2 radical (unpaired) electrons. The van der Waals surface area contributed by atoms with Gasteiger partial charge < -0.3 is 9.84 Å². The molecule has 0 saturated carbocycles. The molecule has 0 amide bonds. The third-order valence-electron chi connectivity index (χ3n) is 1.61. The van der Waals surface area contributed by atoms with Crippen molar-refractivity contribution >= 4 is 0 Å². The number of aliphatic hydroxyl groups excluding tert-OH is 1.